The molecule has 4 heteroatoms. The normalized spacial score (nSPS) is 10.0. The third-order valence-electron chi connectivity index (χ3n) is 2.48. The fraction of sp³-hybridized carbons (Fsp3) is 0.154. The van der Waals surface area contributed by atoms with Gasteiger partial charge in [-0.3, -0.25) is 4.79 Å². The Morgan fingerprint density at radius 2 is 1.94 bits per heavy atom. The molecule has 0 aliphatic rings. The quantitative estimate of drug-likeness (QED) is 0.755. The van der Waals surface area contributed by atoms with Gasteiger partial charge in [-0.15, -0.1) is 0 Å². The van der Waals surface area contributed by atoms with Gasteiger partial charge in [0, 0.05) is 25.1 Å². The molecule has 0 saturated carbocycles. The largest absolute Gasteiger partial charge is 0.314 e. The zero-order valence-corrected chi connectivity index (χ0v) is 9.79. The highest BCUT2D eigenvalue weighted by molar-refractivity contribution is 5.73. The van der Waals surface area contributed by atoms with Crippen LogP contribution in [0, 0.1) is 6.92 Å². The Morgan fingerprint density at radius 3 is 2.53 bits per heavy atom. The molecule has 4 nitrogen and oxygen atoms in total. The van der Waals surface area contributed by atoms with E-state index in [0.29, 0.717) is 11.5 Å². The van der Waals surface area contributed by atoms with Crippen molar-refractivity contribution in [3.05, 3.63) is 47.8 Å². The zero-order chi connectivity index (χ0) is 12.3. The van der Waals surface area contributed by atoms with Crippen molar-refractivity contribution in [2.24, 2.45) is 0 Å². The van der Waals surface area contributed by atoms with Gasteiger partial charge in [0.2, 0.25) is 5.95 Å². The van der Waals surface area contributed by atoms with Gasteiger partial charge in [0.05, 0.1) is 5.56 Å². The first-order valence-electron chi connectivity index (χ1n) is 5.28. The second kappa shape index (κ2) is 4.74. The zero-order valence-electron chi connectivity index (χ0n) is 9.79. The van der Waals surface area contributed by atoms with Gasteiger partial charge < -0.3 is 4.90 Å². The molecule has 0 aliphatic carbocycles. The van der Waals surface area contributed by atoms with Crippen molar-refractivity contribution in [3.63, 3.8) is 0 Å². The first-order chi connectivity index (χ1) is 8.20. The van der Waals surface area contributed by atoms with Gasteiger partial charge in [-0.1, -0.05) is 12.1 Å². The number of rotatable bonds is 3. The van der Waals surface area contributed by atoms with Crippen LogP contribution in [0.3, 0.4) is 0 Å². The van der Waals surface area contributed by atoms with E-state index >= 15 is 0 Å². The maximum Gasteiger partial charge on any atom is 0.229 e. The predicted octanol–water partition coefficient (Wildman–Crippen LogP) is 2.37. The van der Waals surface area contributed by atoms with E-state index in [9.17, 15) is 4.79 Å². The van der Waals surface area contributed by atoms with E-state index in [1.165, 1.54) is 18.0 Å². The third kappa shape index (κ3) is 2.47. The lowest BCUT2D eigenvalue weighted by molar-refractivity contribution is 0.112. The third-order valence-corrected chi connectivity index (χ3v) is 2.48. The minimum atomic E-state index is 0.478. The van der Waals surface area contributed by atoms with Crippen molar-refractivity contribution >= 4 is 17.9 Å². The minimum absolute atomic E-state index is 0.478. The number of anilines is 2. The maximum absolute atomic E-state index is 10.5. The summed E-state index contributed by atoms with van der Waals surface area (Å²) in [6, 6.07) is 8.07. The summed E-state index contributed by atoms with van der Waals surface area (Å²) < 4.78 is 0. The second-order valence-electron chi connectivity index (χ2n) is 3.83. The molecule has 0 spiro atoms. The van der Waals surface area contributed by atoms with Crippen LogP contribution >= 0.6 is 0 Å². The number of benzene rings is 1. The molecule has 0 atom stereocenters. The highest BCUT2D eigenvalue weighted by Gasteiger charge is 2.06. The standard InChI is InChI=1S/C13H13N3O/c1-10-4-3-5-12(6-10)16(2)13-14-7-11(9-17)8-15-13/h3-9H,1-2H3. The van der Waals surface area contributed by atoms with Crippen molar-refractivity contribution in [2.45, 2.75) is 6.92 Å². The van der Waals surface area contributed by atoms with E-state index in [1.807, 2.05) is 37.1 Å². The lowest BCUT2D eigenvalue weighted by atomic mass is 10.2. The van der Waals surface area contributed by atoms with Crippen LogP contribution in [0.15, 0.2) is 36.7 Å². The number of carbonyl (C=O) groups excluding carboxylic acids is 1. The highest BCUT2D eigenvalue weighted by Crippen LogP contribution is 2.20. The molecular formula is C13H13N3O. The van der Waals surface area contributed by atoms with E-state index in [0.717, 1.165) is 12.0 Å². The second-order valence-corrected chi connectivity index (χ2v) is 3.83. The molecule has 0 bridgehead atoms. The van der Waals surface area contributed by atoms with Gasteiger partial charge >= 0.3 is 0 Å². The average Bonchev–Trinajstić information content (AvgIpc) is 2.38. The van der Waals surface area contributed by atoms with Crippen LogP contribution in [-0.2, 0) is 0 Å². The van der Waals surface area contributed by atoms with Gasteiger partial charge in [0.15, 0.2) is 6.29 Å². The molecule has 2 aromatic rings. The summed E-state index contributed by atoms with van der Waals surface area (Å²) in [6.45, 7) is 2.04. The first kappa shape index (κ1) is 11.3. The molecule has 0 N–H and O–H groups in total. The highest BCUT2D eigenvalue weighted by atomic mass is 16.1. The topological polar surface area (TPSA) is 46.1 Å². The van der Waals surface area contributed by atoms with E-state index < -0.39 is 0 Å². The average molecular weight is 227 g/mol. The predicted molar refractivity (Wildman–Crippen MR) is 66.7 cm³/mol. The Kier molecular flexibility index (Phi) is 3.14. The van der Waals surface area contributed by atoms with Gasteiger partial charge in [-0.05, 0) is 24.6 Å². The summed E-state index contributed by atoms with van der Waals surface area (Å²) >= 11 is 0. The number of hydrogen-bond donors (Lipinski definition) is 0. The van der Waals surface area contributed by atoms with Crippen molar-refractivity contribution in [1.29, 1.82) is 0 Å². The van der Waals surface area contributed by atoms with Crippen LogP contribution in [-0.4, -0.2) is 23.3 Å². The monoisotopic (exact) mass is 227 g/mol. The lowest BCUT2D eigenvalue weighted by Gasteiger charge is -2.17. The number of aromatic nitrogens is 2. The number of nitrogens with zero attached hydrogens (tertiary/aromatic N) is 3. The van der Waals surface area contributed by atoms with Crippen molar-refractivity contribution in [2.75, 3.05) is 11.9 Å². The summed E-state index contributed by atoms with van der Waals surface area (Å²) in [7, 11) is 1.89. The lowest BCUT2D eigenvalue weighted by Crippen LogP contribution is -2.13. The molecule has 0 saturated heterocycles. The van der Waals surface area contributed by atoms with Crippen LogP contribution < -0.4 is 4.90 Å². The molecule has 1 aromatic heterocycles. The molecule has 2 rings (SSSR count). The summed E-state index contributed by atoms with van der Waals surface area (Å²) in [6.07, 6.45) is 3.76. The van der Waals surface area contributed by atoms with Crippen LogP contribution in [0.25, 0.3) is 0 Å². The Bertz CT molecular complexity index is 522. The Balaban J connectivity index is 2.29. The minimum Gasteiger partial charge on any atom is -0.314 e. The molecule has 0 fully saturated rings. The SMILES string of the molecule is Cc1cccc(N(C)c2ncc(C=O)cn2)c1. The van der Waals surface area contributed by atoms with E-state index in [1.54, 1.807) is 0 Å². The summed E-state index contributed by atoms with van der Waals surface area (Å²) in [5.41, 5.74) is 2.68. The maximum atomic E-state index is 10.5. The molecule has 1 heterocycles. The van der Waals surface area contributed by atoms with E-state index in [2.05, 4.69) is 16.0 Å². The van der Waals surface area contributed by atoms with Crippen molar-refractivity contribution < 1.29 is 4.79 Å². The van der Waals surface area contributed by atoms with Crippen LogP contribution in [0.2, 0.25) is 0 Å². The fourth-order valence-corrected chi connectivity index (χ4v) is 1.52. The molecule has 0 aliphatic heterocycles. The number of aldehydes is 1. The molecular weight excluding hydrogens is 214 g/mol. The number of aryl methyl sites for hydroxylation is 1. The molecule has 17 heavy (non-hydrogen) atoms. The number of carbonyl (C=O) groups is 1. The molecule has 86 valence electrons. The Hall–Kier alpha value is -2.23. The van der Waals surface area contributed by atoms with Gasteiger partial charge in [0.25, 0.3) is 0 Å². The van der Waals surface area contributed by atoms with Crippen LogP contribution in [0.4, 0.5) is 11.6 Å². The summed E-state index contributed by atoms with van der Waals surface area (Å²) in [4.78, 5) is 20.7. The fourth-order valence-electron chi connectivity index (χ4n) is 1.52. The number of hydrogen-bond acceptors (Lipinski definition) is 4. The summed E-state index contributed by atoms with van der Waals surface area (Å²) in [5, 5.41) is 0. The van der Waals surface area contributed by atoms with Gasteiger partial charge in [0.1, 0.15) is 0 Å². The first-order valence-corrected chi connectivity index (χ1v) is 5.28. The Morgan fingerprint density at radius 1 is 1.24 bits per heavy atom. The van der Waals surface area contributed by atoms with Gasteiger partial charge in [-0.25, -0.2) is 9.97 Å². The molecule has 0 amide bonds. The van der Waals surface area contributed by atoms with Crippen LogP contribution in [0.5, 0.6) is 0 Å². The van der Waals surface area contributed by atoms with Crippen molar-refractivity contribution in [1.82, 2.24) is 9.97 Å². The van der Waals surface area contributed by atoms with Crippen molar-refractivity contribution in [3.8, 4) is 0 Å². The molecule has 1 aromatic carbocycles. The summed E-state index contributed by atoms with van der Waals surface area (Å²) in [5.74, 6) is 0.571. The van der Waals surface area contributed by atoms with E-state index in [-0.39, 0.29) is 0 Å². The molecule has 0 unspecified atom stereocenters. The van der Waals surface area contributed by atoms with Gasteiger partial charge in [-0.2, -0.15) is 0 Å². The van der Waals surface area contributed by atoms with Crippen LogP contribution in [0.1, 0.15) is 15.9 Å². The smallest absolute Gasteiger partial charge is 0.229 e. The molecule has 0 radical (unpaired) electrons. The van der Waals surface area contributed by atoms with E-state index in [4.69, 9.17) is 0 Å². The Labute approximate surface area is 99.9 Å².